The third-order valence-electron chi connectivity index (χ3n) is 5.30. The summed E-state index contributed by atoms with van der Waals surface area (Å²) in [5.74, 6) is -2.26. The van der Waals surface area contributed by atoms with Gasteiger partial charge in [0, 0.05) is 31.8 Å². The Morgan fingerprint density at radius 3 is 1.72 bits per heavy atom. The molecule has 0 fully saturated rings. The molecule has 1 atom stereocenters. The molecule has 2 aromatic carbocycles. The van der Waals surface area contributed by atoms with E-state index in [1.807, 2.05) is 18.2 Å². The number of anilines is 1. The van der Waals surface area contributed by atoms with Gasteiger partial charge in [0.25, 0.3) is 0 Å². The third-order valence-corrected chi connectivity index (χ3v) is 5.30. The van der Waals surface area contributed by atoms with E-state index in [2.05, 4.69) is 19.1 Å². The number of aromatic carboxylic acids is 1. The number of methoxy groups -OCH3 is 3. The second-order valence-electron chi connectivity index (χ2n) is 7.73. The smallest absolute Gasteiger partial charge is 0.338 e. The number of nitrogens with zero attached hydrogens (tertiary/aromatic N) is 1. The summed E-state index contributed by atoms with van der Waals surface area (Å²) in [5.41, 5.74) is 2.40. The van der Waals surface area contributed by atoms with Crippen LogP contribution in [-0.2, 0) is 16.0 Å². The minimum Gasteiger partial charge on any atom is -0.492 e. The molecule has 0 amide bonds. The monoisotopic (exact) mass is 503 g/mol. The Balaban J connectivity index is 0.000000697. The van der Waals surface area contributed by atoms with Gasteiger partial charge in [-0.1, -0.05) is 37.3 Å². The van der Waals surface area contributed by atoms with E-state index < -0.39 is 17.9 Å². The number of carbonyl (C=O) groups is 3. The van der Waals surface area contributed by atoms with Crippen molar-refractivity contribution in [2.24, 2.45) is 0 Å². The largest absolute Gasteiger partial charge is 0.492 e. The topological polar surface area (TPSA) is 143 Å². The summed E-state index contributed by atoms with van der Waals surface area (Å²) in [6.45, 7) is 2.10. The van der Waals surface area contributed by atoms with Gasteiger partial charge in [-0.3, -0.25) is 0 Å². The van der Waals surface area contributed by atoms with E-state index in [1.165, 1.54) is 21.3 Å². The van der Waals surface area contributed by atoms with Gasteiger partial charge < -0.3 is 34.4 Å². The summed E-state index contributed by atoms with van der Waals surface area (Å²) in [5, 5.41) is 25.7. The normalized spacial score (nSPS) is 11.2. The Morgan fingerprint density at radius 2 is 1.36 bits per heavy atom. The molecule has 10 heteroatoms. The van der Waals surface area contributed by atoms with Crippen molar-refractivity contribution in [2.45, 2.75) is 25.7 Å². The maximum absolute atomic E-state index is 12.3. The van der Waals surface area contributed by atoms with Crippen LogP contribution >= 0.6 is 0 Å². The summed E-state index contributed by atoms with van der Waals surface area (Å²) >= 11 is 0. The molecule has 10 nitrogen and oxygen atoms in total. The predicted octanol–water partition coefficient (Wildman–Crippen LogP) is 3.92. The summed E-state index contributed by atoms with van der Waals surface area (Å²) < 4.78 is 16.7. The van der Waals surface area contributed by atoms with Gasteiger partial charge in [-0.15, -0.1) is 0 Å². The fourth-order valence-corrected chi connectivity index (χ4v) is 3.77. The lowest BCUT2D eigenvalue weighted by Gasteiger charge is -2.27. The molecule has 2 rings (SSSR count). The van der Waals surface area contributed by atoms with Crippen LogP contribution in [0.2, 0.25) is 0 Å². The zero-order chi connectivity index (χ0) is 27.4. The number of rotatable bonds is 11. The summed E-state index contributed by atoms with van der Waals surface area (Å²) in [6, 6.07) is 10.1. The average molecular weight is 504 g/mol. The van der Waals surface area contributed by atoms with E-state index in [-0.39, 0.29) is 11.5 Å². The van der Waals surface area contributed by atoms with Gasteiger partial charge in [0.2, 0.25) is 5.75 Å². The second-order valence-corrected chi connectivity index (χ2v) is 7.73. The van der Waals surface area contributed by atoms with Crippen molar-refractivity contribution in [3.63, 3.8) is 0 Å². The number of hydrogen-bond donors (Lipinski definition) is 3. The van der Waals surface area contributed by atoms with Gasteiger partial charge in [0.15, 0.2) is 11.5 Å². The minimum absolute atomic E-state index is 0.140. The van der Waals surface area contributed by atoms with Gasteiger partial charge in [-0.25, -0.2) is 14.4 Å². The van der Waals surface area contributed by atoms with Crippen LogP contribution in [-0.4, -0.2) is 68.7 Å². The Hall–Kier alpha value is -4.21. The Morgan fingerprint density at radius 1 is 0.861 bits per heavy atom. The van der Waals surface area contributed by atoms with Crippen LogP contribution in [0.3, 0.4) is 0 Å². The molecule has 0 saturated heterocycles. The molecule has 0 radical (unpaired) electrons. The molecule has 0 heterocycles. The zero-order valence-corrected chi connectivity index (χ0v) is 21.3. The Kier molecular flexibility index (Phi) is 11.8. The molecular formula is C26H33NO9. The first-order valence-corrected chi connectivity index (χ1v) is 11.0. The van der Waals surface area contributed by atoms with Crippen molar-refractivity contribution in [1.82, 2.24) is 0 Å². The van der Waals surface area contributed by atoms with Crippen LogP contribution in [0.1, 0.15) is 40.7 Å². The molecule has 196 valence electrons. The highest BCUT2D eigenvalue weighted by molar-refractivity contribution is 6.00. The van der Waals surface area contributed by atoms with Crippen molar-refractivity contribution >= 4 is 23.6 Å². The number of hydrogen-bond acceptors (Lipinski definition) is 7. The molecular weight excluding hydrogens is 470 g/mol. The molecule has 36 heavy (non-hydrogen) atoms. The maximum Gasteiger partial charge on any atom is 0.338 e. The van der Waals surface area contributed by atoms with E-state index in [0.717, 1.165) is 12.0 Å². The number of ether oxygens (including phenoxy) is 3. The van der Waals surface area contributed by atoms with E-state index in [0.29, 0.717) is 47.1 Å². The molecule has 0 aromatic heterocycles. The van der Waals surface area contributed by atoms with Crippen LogP contribution in [0.25, 0.3) is 0 Å². The van der Waals surface area contributed by atoms with E-state index >= 15 is 0 Å². The standard InChI is InChI=1S/C22H29NO5.C4H4O4/c1-7-14(15-11-9-8-10-12-15)13-16-17(22(24)25)18(23(2)3)20(27-5)21(28-6)19(16)26-4;5-3(6)1-2-4(7)8/h8-12,14H,7,13H2,1-6H3,(H,24,25);1-2H,(H,5,6)(H,7,8). The molecule has 2 aromatic rings. The number of benzene rings is 2. The lowest BCUT2D eigenvalue weighted by atomic mass is 9.86. The second kappa shape index (κ2) is 14.2. The van der Waals surface area contributed by atoms with Gasteiger partial charge in [0.1, 0.15) is 0 Å². The molecule has 0 saturated carbocycles. The van der Waals surface area contributed by atoms with E-state index in [1.54, 1.807) is 19.0 Å². The predicted molar refractivity (Wildman–Crippen MR) is 135 cm³/mol. The molecule has 3 N–H and O–H groups in total. The zero-order valence-electron chi connectivity index (χ0n) is 21.3. The van der Waals surface area contributed by atoms with E-state index in [9.17, 15) is 19.5 Å². The van der Waals surface area contributed by atoms with Crippen molar-refractivity contribution in [2.75, 3.05) is 40.3 Å². The van der Waals surface area contributed by atoms with Crippen LogP contribution in [0, 0.1) is 0 Å². The number of aliphatic carboxylic acids is 2. The highest BCUT2D eigenvalue weighted by Crippen LogP contribution is 2.50. The first kappa shape index (κ1) is 29.8. The summed E-state index contributed by atoms with van der Waals surface area (Å²) in [7, 11) is 8.11. The molecule has 0 spiro atoms. The first-order valence-electron chi connectivity index (χ1n) is 11.0. The Bertz CT molecular complexity index is 1060. The number of carboxylic acid groups (broad SMARTS) is 3. The van der Waals surface area contributed by atoms with Crippen LogP contribution in [0.5, 0.6) is 17.2 Å². The molecule has 0 bridgehead atoms. The summed E-state index contributed by atoms with van der Waals surface area (Å²) in [4.78, 5) is 33.2. The lowest BCUT2D eigenvalue weighted by Crippen LogP contribution is -2.19. The maximum atomic E-state index is 12.3. The van der Waals surface area contributed by atoms with Crippen molar-refractivity contribution in [3.8, 4) is 17.2 Å². The van der Waals surface area contributed by atoms with Gasteiger partial charge in [0.05, 0.1) is 32.6 Å². The van der Waals surface area contributed by atoms with Crippen molar-refractivity contribution in [3.05, 3.63) is 59.2 Å². The Labute approximate surface area is 210 Å². The first-order chi connectivity index (χ1) is 17.0. The van der Waals surface area contributed by atoms with Gasteiger partial charge >= 0.3 is 17.9 Å². The number of carboxylic acids is 3. The molecule has 0 aliphatic heterocycles. The quantitative estimate of drug-likeness (QED) is 0.386. The third kappa shape index (κ3) is 7.66. The van der Waals surface area contributed by atoms with Gasteiger partial charge in [-0.2, -0.15) is 0 Å². The van der Waals surface area contributed by atoms with Crippen molar-refractivity contribution in [1.29, 1.82) is 0 Å². The minimum atomic E-state index is -1.26. The molecule has 1 unspecified atom stereocenters. The SMILES string of the molecule is CCC(Cc1c(OC)c(OC)c(OC)c(N(C)C)c1C(=O)O)c1ccccc1.O=C(O)C=CC(=O)O. The fourth-order valence-electron chi connectivity index (χ4n) is 3.77. The lowest BCUT2D eigenvalue weighted by molar-refractivity contribution is -0.134. The van der Waals surface area contributed by atoms with Gasteiger partial charge in [-0.05, 0) is 24.3 Å². The van der Waals surface area contributed by atoms with Crippen LogP contribution < -0.4 is 19.1 Å². The summed E-state index contributed by atoms with van der Waals surface area (Å²) in [6.07, 6.45) is 2.48. The van der Waals surface area contributed by atoms with E-state index in [4.69, 9.17) is 24.4 Å². The van der Waals surface area contributed by atoms with Crippen LogP contribution in [0.4, 0.5) is 5.69 Å². The highest BCUT2D eigenvalue weighted by Gasteiger charge is 2.32. The van der Waals surface area contributed by atoms with Crippen molar-refractivity contribution < 1.29 is 43.9 Å². The molecule has 0 aliphatic rings. The van der Waals surface area contributed by atoms with Crippen LogP contribution in [0.15, 0.2) is 42.5 Å². The highest BCUT2D eigenvalue weighted by atomic mass is 16.5. The fraction of sp³-hybridized carbons (Fsp3) is 0.346. The molecule has 0 aliphatic carbocycles. The average Bonchev–Trinajstić information content (AvgIpc) is 2.85.